The zero-order valence-corrected chi connectivity index (χ0v) is 16.1. The Kier molecular flexibility index (Phi) is 5.34. The number of likely N-dealkylation sites (tertiary alicyclic amines) is 1. The van der Waals surface area contributed by atoms with Gasteiger partial charge in [-0.3, -0.25) is 14.6 Å². The van der Waals surface area contributed by atoms with Crippen LogP contribution >= 0.6 is 0 Å². The number of carbonyl (C=O) groups excluding carboxylic acids is 1. The number of amides is 1. The first-order valence-corrected chi connectivity index (χ1v) is 10.1. The van der Waals surface area contributed by atoms with Gasteiger partial charge in [-0.25, -0.2) is 0 Å². The fraction of sp³-hybridized carbons (Fsp3) is 0.750. The first-order chi connectivity index (χ1) is 12.6. The molecule has 6 heteroatoms. The molecule has 4 heterocycles. The molecule has 1 amide bonds. The molecular weight excluding hydrogens is 328 g/mol. The van der Waals surface area contributed by atoms with Crippen LogP contribution in [-0.2, 0) is 6.54 Å². The van der Waals surface area contributed by atoms with Gasteiger partial charge >= 0.3 is 0 Å². The monoisotopic (exact) mass is 360 g/mol. The summed E-state index contributed by atoms with van der Waals surface area (Å²) in [7, 11) is 2.18. The minimum absolute atomic E-state index is 0.0679. The molecule has 3 aliphatic heterocycles. The molecule has 0 unspecified atom stereocenters. The second-order valence-corrected chi connectivity index (χ2v) is 8.54. The Balaban J connectivity index is 1.28. The number of nitrogens with one attached hydrogen (secondary N) is 1. The topological polar surface area (TPSA) is 52.0 Å². The summed E-state index contributed by atoms with van der Waals surface area (Å²) in [5.41, 5.74) is 0. The first-order valence-electron chi connectivity index (χ1n) is 10.1. The Morgan fingerprint density at radius 1 is 1.19 bits per heavy atom. The number of hydrogen-bond acceptors (Lipinski definition) is 5. The smallest absolute Gasteiger partial charge is 0.287 e. The van der Waals surface area contributed by atoms with E-state index in [1.807, 2.05) is 12.1 Å². The minimum atomic E-state index is -0.0679. The molecule has 2 atom stereocenters. The molecule has 0 bridgehead atoms. The van der Waals surface area contributed by atoms with E-state index in [4.69, 9.17) is 4.42 Å². The lowest BCUT2D eigenvalue weighted by atomic mass is 9.99. The number of piperidine rings is 1. The second-order valence-electron chi connectivity index (χ2n) is 8.54. The molecule has 0 saturated carbocycles. The molecule has 144 valence electrons. The molecule has 0 spiro atoms. The van der Waals surface area contributed by atoms with Crippen molar-refractivity contribution in [2.45, 2.75) is 44.8 Å². The van der Waals surface area contributed by atoms with Gasteiger partial charge in [-0.1, -0.05) is 6.92 Å². The molecule has 0 aliphatic carbocycles. The number of piperazine rings is 1. The number of rotatable bonds is 4. The van der Waals surface area contributed by atoms with Crippen molar-refractivity contribution in [2.75, 3.05) is 46.3 Å². The van der Waals surface area contributed by atoms with Crippen LogP contribution in [0.1, 0.15) is 42.5 Å². The molecule has 6 nitrogen and oxygen atoms in total. The van der Waals surface area contributed by atoms with Gasteiger partial charge in [-0.05, 0) is 57.5 Å². The summed E-state index contributed by atoms with van der Waals surface area (Å²) in [5, 5.41) is 3.18. The standard InChI is InChI=1S/C20H32N4O2/c1-15-5-7-23(8-6-15)14-18-3-4-19(26-18)20(25)21-16-11-17-13-22(2)9-10-24(17)12-16/h3-4,15-17H,5-14H2,1-2H3,(H,21,25)/t16-,17-/m0/s1. The fourth-order valence-electron chi connectivity index (χ4n) is 4.58. The number of fused-ring (bicyclic) bond motifs is 1. The summed E-state index contributed by atoms with van der Waals surface area (Å²) >= 11 is 0. The van der Waals surface area contributed by atoms with Crippen LogP contribution in [-0.4, -0.2) is 79.0 Å². The number of carbonyl (C=O) groups is 1. The van der Waals surface area contributed by atoms with E-state index in [2.05, 4.69) is 34.0 Å². The van der Waals surface area contributed by atoms with Crippen LogP contribution in [0.3, 0.4) is 0 Å². The Labute approximate surface area is 156 Å². The van der Waals surface area contributed by atoms with E-state index in [1.54, 1.807) is 0 Å². The van der Waals surface area contributed by atoms with Gasteiger partial charge in [0.2, 0.25) is 0 Å². The molecule has 0 aromatic carbocycles. The lowest BCUT2D eigenvalue weighted by Crippen LogP contribution is -2.48. The largest absolute Gasteiger partial charge is 0.455 e. The Morgan fingerprint density at radius 2 is 2.00 bits per heavy atom. The van der Waals surface area contributed by atoms with Crippen molar-refractivity contribution in [1.82, 2.24) is 20.0 Å². The van der Waals surface area contributed by atoms with E-state index in [1.165, 1.54) is 12.8 Å². The van der Waals surface area contributed by atoms with E-state index >= 15 is 0 Å². The molecule has 1 aromatic heterocycles. The summed E-state index contributed by atoms with van der Waals surface area (Å²) in [5.74, 6) is 2.11. The van der Waals surface area contributed by atoms with E-state index in [0.717, 1.165) is 63.9 Å². The number of nitrogens with zero attached hydrogens (tertiary/aromatic N) is 3. The highest BCUT2D eigenvalue weighted by Crippen LogP contribution is 2.22. The number of furan rings is 1. The van der Waals surface area contributed by atoms with Gasteiger partial charge in [0.1, 0.15) is 5.76 Å². The number of likely N-dealkylation sites (N-methyl/N-ethyl adjacent to an activating group) is 1. The van der Waals surface area contributed by atoms with Crippen LogP contribution in [0.2, 0.25) is 0 Å². The molecule has 4 rings (SSSR count). The van der Waals surface area contributed by atoms with E-state index in [-0.39, 0.29) is 11.9 Å². The third kappa shape index (κ3) is 4.13. The quantitative estimate of drug-likeness (QED) is 0.884. The van der Waals surface area contributed by atoms with Crippen LogP contribution in [0.4, 0.5) is 0 Å². The Bertz CT molecular complexity index is 623. The SMILES string of the molecule is CC1CCN(Cc2ccc(C(=O)N[C@H]3C[C@H]4CN(C)CCN4C3)o2)CC1. The maximum atomic E-state index is 12.6. The average molecular weight is 361 g/mol. The van der Waals surface area contributed by atoms with Gasteiger partial charge < -0.3 is 14.6 Å². The van der Waals surface area contributed by atoms with Crippen molar-refractivity contribution in [3.8, 4) is 0 Å². The summed E-state index contributed by atoms with van der Waals surface area (Å²) < 4.78 is 5.85. The second kappa shape index (κ2) is 7.71. The van der Waals surface area contributed by atoms with Crippen molar-refractivity contribution in [3.63, 3.8) is 0 Å². The lowest BCUT2D eigenvalue weighted by molar-refractivity contribution is 0.0903. The lowest BCUT2D eigenvalue weighted by Gasteiger charge is -2.34. The summed E-state index contributed by atoms with van der Waals surface area (Å²) in [4.78, 5) is 19.9. The van der Waals surface area contributed by atoms with Gasteiger partial charge in [0.25, 0.3) is 5.91 Å². The molecule has 3 saturated heterocycles. The van der Waals surface area contributed by atoms with Crippen molar-refractivity contribution in [3.05, 3.63) is 23.7 Å². The Morgan fingerprint density at radius 3 is 2.81 bits per heavy atom. The molecule has 0 radical (unpaired) electrons. The third-order valence-corrected chi connectivity index (χ3v) is 6.30. The van der Waals surface area contributed by atoms with Crippen LogP contribution in [0, 0.1) is 5.92 Å². The van der Waals surface area contributed by atoms with Gasteiger partial charge in [0, 0.05) is 38.3 Å². The zero-order chi connectivity index (χ0) is 18.1. The van der Waals surface area contributed by atoms with Crippen LogP contribution in [0.5, 0.6) is 0 Å². The predicted octanol–water partition coefficient (Wildman–Crippen LogP) is 1.63. The van der Waals surface area contributed by atoms with Crippen molar-refractivity contribution in [1.29, 1.82) is 0 Å². The normalized spacial score (nSPS) is 29.0. The van der Waals surface area contributed by atoms with E-state index in [9.17, 15) is 4.79 Å². The van der Waals surface area contributed by atoms with Crippen molar-refractivity contribution < 1.29 is 9.21 Å². The molecule has 3 aliphatic rings. The maximum Gasteiger partial charge on any atom is 0.287 e. The molecule has 3 fully saturated rings. The molecule has 1 aromatic rings. The van der Waals surface area contributed by atoms with E-state index < -0.39 is 0 Å². The van der Waals surface area contributed by atoms with E-state index in [0.29, 0.717) is 11.8 Å². The highest BCUT2D eigenvalue weighted by Gasteiger charge is 2.36. The van der Waals surface area contributed by atoms with Crippen molar-refractivity contribution >= 4 is 5.91 Å². The molecule has 26 heavy (non-hydrogen) atoms. The molecular formula is C20H32N4O2. The fourth-order valence-corrected chi connectivity index (χ4v) is 4.58. The van der Waals surface area contributed by atoms with Gasteiger partial charge in [0.15, 0.2) is 5.76 Å². The third-order valence-electron chi connectivity index (χ3n) is 6.30. The number of hydrogen-bond donors (Lipinski definition) is 1. The van der Waals surface area contributed by atoms with Crippen LogP contribution in [0.25, 0.3) is 0 Å². The summed E-state index contributed by atoms with van der Waals surface area (Å²) in [6.07, 6.45) is 3.54. The minimum Gasteiger partial charge on any atom is -0.455 e. The summed E-state index contributed by atoms with van der Waals surface area (Å²) in [6.45, 7) is 9.66. The first kappa shape index (κ1) is 18.0. The summed E-state index contributed by atoms with van der Waals surface area (Å²) in [6, 6.07) is 4.59. The predicted molar refractivity (Wildman–Crippen MR) is 101 cm³/mol. The van der Waals surface area contributed by atoms with Crippen molar-refractivity contribution in [2.24, 2.45) is 5.92 Å². The van der Waals surface area contributed by atoms with Gasteiger partial charge in [-0.2, -0.15) is 0 Å². The maximum absolute atomic E-state index is 12.6. The van der Waals surface area contributed by atoms with Gasteiger partial charge in [0.05, 0.1) is 6.54 Å². The highest BCUT2D eigenvalue weighted by molar-refractivity contribution is 5.91. The van der Waals surface area contributed by atoms with Gasteiger partial charge in [-0.15, -0.1) is 0 Å². The molecule has 1 N–H and O–H groups in total. The van der Waals surface area contributed by atoms with Crippen LogP contribution < -0.4 is 5.32 Å². The Hall–Kier alpha value is -1.37. The average Bonchev–Trinajstić information content (AvgIpc) is 3.23. The zero-order valence-electron chi connectivity index (χ0n) is 16.1. The van der Waals surface area contributed by atoms with Crippen LogP contribution in [0.15, 0.2) is 16.5 Å². The highest BCUT2D eigenvalue weighted by atomic mass is 16.4.